The Balaban J connectivity index is -0.000000150. The first-order chi connectivity index (χ1) is 12.5. The number of carbonyl (C=O) groups excluding carboxylic acids is 4. The molecule has 0 saturated carbocycles. The summed E-state index contributed by atoms with van der Waals surface area (Å²) in [6, 6.07) is -1.92. The molecule has 18 N–H and O–H groups in total. The van der Waals surface area contributed by atoms with E-state index >= 15 is 0 Å². The Morgan fingerprint density at radius 3 is 0.964 bits per heavy atom. The van der Waals surface area contributed by atoms with Crippen LogP contribution in [-0.2, 0) is 19.2 Å². The van der Waals surface area contributed by atoms with E-state index in [4.69, 9.17) is 0 Å². The fourth-order valence-electron chi connectivity index (χ4n) is 0.820. The second-order valence-electron chi connectivity index (χ2n) is 4.85. The molecule has 2 atom stereocenters. The average molecular weight is 412 g/mol. The number of carboxylic acids is 4. The molecule has 0 amide bonds. The van der Waals surface area contributed by atoms with Gasteiger partial charge in [0.25, 0.3) is 0 Å². The van der Waals surface area contributed by atoms with Crippen LogP contribution in [0.15, 0.2) is 0 Å². The van der Waals surface area contributed by atoms with E-state index in [-0.39, 0.29) is 37.6 Å². The van der Waals surface area contributed by atoms with Crippen LogP contribution in [0.5, 0.6) is 0 Å². The Bertz CT molecular complexity index is 474. The van der Waals surface area contributed by atoms with Crippen LogP contribution < -0.4 is 65.6 Å². The molecule has 0 saturated heterocycles. The molecular weight excluding hydrogens is 384 g/mol. The minimum atomic E-state index is -1.33. The zero-order chi connectivity index (χ0) is 23.4. The molecule has 0 bridgehead atoms. The highest BCUT2D eigenvalue weighted by atomic mass is 16.4. The molecule has 0 aromatic heterocycles. The van der Waals surface area contributed by atoms with Gasteiger partial charge in [0, 0.05) is 24.8 Å². The van der Waals surface area contributed by atoms with Crippen LogP contribution in [-0.4, -0.2) is 47.9 Å². The minimum Gasteiger partial charge on any atom is -0.550 e. The topological polar surface area (TPSA) is 371 Å². The Labute approximate surface area is 159 Å². The number of rotatable bonds is 8. The first-order valence-corrected chi connectivity index (χ1v) is 7.28. The zero-order valence-corrected chi connectivity index (χ0v) is 15.1. The number of carbonyl (C=O) groups is 4. The molecule has 164 valence electrons. The van der Waals surface area contributed by atoms with Crippen molar-refractivity contribution in [3.05, 3.63) is 0 Å². The van der Waals surface area contributed by atoms with E-state index in [0.29, 0.717) is 0 Å². The Kier molecular flexibility index (Phi) is 22.5. The molecule has 0 aliphatic carbocycles. The van der Waals surface area contributed by atoms with E-state index in [1.807, 2.05) is 0 Å². The van der Waals surface area contributed by atoms with Crippen LogP contribution in [0.25, 0.3) is 0 Å². The van der Waals surface area contributed by atoms with Gasteiger partial charge < -0.3 is 51.1 Å². The molecule has 0 aromatic carbocycles. The maximum Gasteiger partial charge on any atom is 0.336 e. The van der Waals surface area contributed by atoms with Crippen LogP contribution in [0.4, 0.5) is 0 Å². The van der Waals surface area contributed by atoms with Crippen molar-refractivity contribution < 1.29 is 61.9 Å². The Morgan fingerprint density at radius 1 is 0.679 bits per heavy atom. The second-order valence-corrected chi connectivity index (χ2v) is 4.85. The zero-order valence-electron chi connectivity index (χ0n) is 15.1. The summed E-state index contributed by atoms with van der Waals surface area (Å²) in [7, 11) is 0. The van der Waals surface area contributed by atoms with Gasteiger partial charge in [0.15, 0.2) is 0 Å². The highest BCUT2D eigenvalue weighted by molar-refractivity contribution is 5.71. The molecule has 0 aromatic rings. The molecular formula is C12H28N8O8. The Morgan fingerprint density at radius 2 is 0.857 bits per heavy atom. The molecule has 0 unspecified atom stereocenters. The second kappa shape index (κ2) is 19.7. The van der Waals surface area contributed by atoms with Gasteiger partial charge in [-0.25, -0.2) is 0 Å². The summed E-state index contributed by atoms with van der Waals surface area (Å²) in [5, 5.41) is 48.6. The third-order valence-electron chi connectivity index (χ3n) is 2.06. The van der Waals surface area contributed by atoms with Gasteiger partial charge in [0.2, 0.25) is 0 Å². The number of guanidine groups is 2. The number of hydrogen-bond donors (Lipinski definition) is 8. The molecule has 0 radical (unpaired) electrons. The summed E-state index contributed by atoms with van der Waals surface area (Å²) < 4.78 is 0. The van der Waals surface area contributed by atoms with Gasteiger partial charge in [-0.2, -0.15) is 0 Å². The van der Waals surface area contributed by atoms with Crippen LogP contribution in [0.3, 0.4) is 0 Å². The van der Waals surface area contributed by atoms with Gasteiger partial charge in [-0.15, -0.1) is 0 Å². The monoisotopic (exact) mass is 412 g/mol. The van der Waals surface area contributed by atoms with Gasteiger partial charge >= 0.3 is 11.9 Å². The van der Waals surface area contributed by atoms with Crippen molar-refractivity contribution in [3.8, 4) is 0 Å². The lowest BCUT2D eigenvalue weighted by Gasteiger charge is -2.08. The van der Waals surface area contributed by atoms with E-state index in [1.54, 1.807) is 0 Å². The molecule has 0 heterocycles. The van der Waals surface area contributed by atoms with E-state index in [1.165, 1.54) is 0 Å². The van der Waals surface area contributed by atoms with E-state index in [0.717, 1.165) is 0 Å². The van der Waals surface area contributed by atoms with Gasteiger partial charge in [0.1, 0.15) is 12.1 Å². The van der Waals surface area contributed by atoms with E-state index < -0.39 is 36.0 Å². The number of aliphatic carboxylic acids is 4. The molecule has 28 heavy (non-hydrogen) atoms. The highest BCUT2D eigenvalue weighted by Gasteiger charge is 2.06. The maximum atomic E-state index is 9.92. The quantitative estimate of drug-likeness (QED) is 0.136. The van der Waals surface area contributed by atoms with Crippen LogP contribution in [0.1, 0.15) is 25.7 Å². The summed E-state index contributed by atoms with van der Waals surface area (Å²) in [6.45, 7) is 0. The smallest absolute Gasteiger partial charge is 0.336 e. The first-order valence-electron chi connectivity index (χ1n) is 7.28. The third kappa shape index (κ3) is 49.5. The SMILES string of the molecule is NC(N)=[NH2+].NC(N)=[NH2+].[NH3+][C@@H](CCC(=O)[O-])C(=O)[O-].[NH3+][C@@H](CCC(=O)[O-])C(=O)[O-]. The fraction of sp³-hybridized carbons (Fsp3) is 0.500. The summed E-state index contributed by atoms with van der Waals surface area (Å²) >= 11 is 0. The van der Waals surface area contributed by atoms with Gasteiger partial charge in [-0.3, -0.25) is 33.8 Å². The van der Waals surface area contributed by atoms with Crippen LogP contribution >= 0.6 is 0 Å². The molecule has 0 spiro atoms. The van der Waals surface area contributed by atoms with Crippen molar-refractivity contribution in [3.63, 3.8) is 0 Å². The number of carboxylic acid groups (broad SMARTS) is 4. The van der Waals surface area contributed by atoms with Crippen LogP contribution in [0.2, 0.25) is 0 Å². The normalized spacial score (nSPS) is 10.6. The standard InChI is InChI=1S/2C5H9NO4.2CH5N3/c2*6-3(5(9)10)1-2-4(7)8;2*2-1(3)4/h2*3H,1-2,6H2,(H,7,8)(H,9,10);2*(H5,2,3,4)/t2*3-;;/m00../s1. The minimum absolute atomic E-state index is 0.0370. The highest BCUT2D eigenvalue weighted by Crippen LogP contribution is 1.89. The van der Waals surface area contributed by atoms with Crippen molar-refractivity contribution in [1.82, 2.24) is 0 Å². The maximum absolute atomic E-state index is 9.92. The molecule has 0 rings (SSSR count). The third-order valence-corrected chi connectivity index (χ3v) is 2.06. The number of nitrogens with two attached hydrogens (primary N) is 6. The first kappa shape index (κ1) is 32.0. The van der Waals surface area contributed by atoms with Crippen molar-refractivity contribution in [2.75, 3.05) is 0 Å². The molecule has 0 fully saturated rings. The predicted molar refractivity (Wildman–Crippen MR) is 82.5 cm³/mol. The fourth-order valence-corrected chi connectivity index (χ4v) is 0.820. The average Bonchev–Trinajstić information content (AvgIpc) is 2.49. The number of hydrogen-bond acceptors (Lipinski definition) is 8. The summed E-state index contributed by atoms with van der Waals surface area (Å²) in [5.41, 5.74) is 24.6. The molecule has 0 aliphatic rings. The lowest BCUT2D eigenvalue weighted by molar-refractivity contribution is -0.438. The van der Waals surface area contributed by atoms with Gasteiger partial charge in [-0.05, 0) is 12.8 Å². The van der Waals surface area contributed by atoms with Crippen molar-refractivity contribution in [2.24, 2.45) is 22.9 Å². The summed E-state index contributed by atoms with van der Waals surface area (Å²) in [6.07, 6.45) is -0.653. The molecule has 16 heteroatoms. The Hall–Kier alpha value is -3.66. The lowest BCUT2D eigenvalue weighted by atomic mass is 10.2. The van der Waals surface area contributed by atoms with Crippen molar-refractivity contribution >= 4 is 35.8 Å². The summed E-state index contributed by atoms with van der Waals surface area (Å²) in [5.74, 6) is -5.37. The molecule has 0 aliphatic heterocycles. The predicted octanol–water partition coefficient (Wildman–Crippen LogP) is -14.2. The van der Waals surface area contributed by atoms with Gasteiger partial charge in [-0.1, -0.05) is 0 Å². The van der Waals surface area contributed by atoms with Crippen LogP contribution in [0, 0.1) is 0 Å². The number of quaternary nitrogens is 2. The summed E-state index contributed by atoms with van der Waals surface area (Å²) in [4.78, 5) is 39.4. The van der Waals surface area contributed by atoms with E-state index in [9.17, 15) is 39.6 Å². The van der Waals surface area contributed by atoms with Gasteiger partial charge in [0.05, 0.1) is 11.9 Å². The van der Waals surface area contributed by atoms with Crippen molar-refractivity contribution in [2.45, 2.75) is 37.8 Å². The van der Waals surface area contributed by atoms with Crippen molar-refractivity contribution in [1.29, 1.82) is 0 Å². The lowest BCUT2D eigenvalue weighted by Crippen LogP contribution is -2.68. The largest absolute Gasteiger partial charge is 0.550 e. The molecule has 16 nitrogen and oxygen atoms in total. The van der Waals surface area contributed by atoms with E-state index in [2.05, 4.69) is 45.2 Å².